The van der Waals surface area contributed by atoms with Crippen molar-refractivity contribution < 1.29 is 19.1 Å². The van der Waals surface area contributed by atoms with Gasteiger partial charge in [0.25, 0.3) is 0 Å². The summed E-state index contributed by atoms with van der Waals surface area (Å²) in [5, 5.41) is 0. The average Bonchev–Trinajstić information content (AvgIpc) is 2.31. The molecule has 0 aliphatic carbocycles. The van der Waals surface area contributed by atoms with Gasteiger partial charge in [-0.15, -0.1) is 0 Å². The summed E-state index contributed by atoms with van der Waals surface area (Å²) in [6.45, 7) is 5.68. The zero-order valence-corrected chi connectivity index (χ0v) is 8.12. The van der Waals surface area contributed by atoms with Crippen LogP contribution in [0.1, 0.15) is 27.2 Å². The van der Waals surface area contributed by atoms with Gasteiger partial charge >= 0.3 is 11.9 Å². The fourth-order valence-corrected chi connectivity index (χ4v) is 1.15. The fourth-order valence-electron chi connectivity index (χ4n) is 1.15. The minimum atomic E-state index is -0.736. The highest BCUT2D eigenvalue weighted by molar-refractivity contribution is 5.81. The van der Waals surface area contributed by atoms with Crippen LogP contribution in [0.15, 0.2) is 0 Å². The molecule has 1 saturated heterocycles. The first-order valence-electron chi connectivity index (χ1n) is 4.33. The van der Waals surface area contributed by atoms with E-state index in [2.05, 4.69) is 0 Å². The zero-order chi connectivity index (χ0) is 10.1. The number of hydrogen-bond acceptors (Lipinski definition) is 4. The maximum Gasteiger partial charge on any atom is 0.348 e. The van der Waals surface area contributed by atoms with Crippen LogP contribution in [0.4, 0.5) is 0 Å². The van der Waals surface area contributed by atoms with Crippen molar-refractivity contribution in [1.29, 1.82) is 0 Å². The summed E-state index contributed by atoms with van der Waals surface area (Å²) < 4.78 is 9.78. The van der Waals surface area contributed by atoms with E-state index in [0.717, 1.165) is 0 Å². The average molecular weight is 186 g/mol. The van der Waals surface area contributed by atoms with Gasteiger partial charge in [-0.05, 0) is 0 Å². The molecule has 4 heteroatoms. The lowest BCUT2D eigenvalue weighted by molar-refractivity contribution is -0.162. The van der Waals surface area contributed by atoms with Crippen LogP contribution in [0.5, 0.6) is 0 Å². The lowest BCUT2D eigenvalue weighted by atomic mass is 9.90. The van der Waals surface area contributed by atoms with E-state index >= 15 is 0 Å². The van der Waals surface area contributed by atoms with Gasteiger partial charge in [-0.25, -0.2) is 4.79 Å². The van der Waals surface area contributed by atoms with Crippen LogP contribution in [-0.2, 0) is 19.1 Å². The van der Waals surface area contributed by atoms with Gasteiger partial charge in [-0.1, -0.05) is 20.8 Å². The van der Waals surface area contributed by atoms with Crippen molar-refractivity contribution in [3.05, 3.63) is 0 Å². The van der Waals surface area contributed by atoms with Gasteiger partial charge in [0.05, 0.1) is 0 Å². The Morgan fingerprint density at radius 2 is 2.31 bits per heavy atom. The Morgan fingerprint density at radius 1 is 1.69 bits per heavy atom. The van der Waals surface area contributed by atoms with E-state index in [1.165, 1.54) is 0 Å². The first-order chi connectivity index (χ1) is 5.97. The smallest absolute Gasteiger partial charge is 0.348 e. The van der Waals surface area contributed by atoms with Crippen LogP contribution in [-0.4, -0.2) is 24.6 Å². The minimum absolute atomic E-state index is 0.278. The second kappa shape index (κ2) is 3.36. The maximum absolute atomic E-state index is 11.1. The van der Waals surface area contributed by atoms with Crippen molar-refractivity contribution in [1.82, 2.24) is 0 Å². The van der Waals surface area contributed by atoms with Crippen molar-refractivity contribution in [2.24, 2.45) is 5.41 Å². The molecule has 4 nitrogen and oxygen atoms in total. The van der Waals surface area contributed by atoms with E-state index in [1.54, 1.807) is 6.92 Å². The summed E-state index contributed by atoms with van der Waals surface area (Å²) in [6.07, 6.45) is -0.459. The Balaban J connectivity index is 2.66. The highest BCUT2D eigenvalue weighted by Crippen LogP contribution is 2.31. The van der Waals surface area contributed by atoms with Crippen LogP contribution in [0.3, 0.4) is 0 Å². The normalized spacial score (nSPS) is 25.5. The number of carbonyl (C=O) groups is 2. The summed E-state index contributed by atoms with van der Waals surface area (Å²) in [5.74, 6) is -0.802. The molecule has 0 N–H and O–H groups in total. The molecule has 0 aromatic carbocycles. The minimum Gasteiger partial charge on any atom is -0.462 e. The fraction of sp³-hybridized carbons (Fsp3) is 0.778. The van der Waals surface area contributed by atoms with Crippen molar-refractivity contribution >= 4 is 11.9 Å². The third-order valence-electron chi connectivity index (χ3n) is 2.05. The first kappa shape index (κ1) is 10.0. The van der Waals surface area contributed by atoms with Gasteiger partial charge in [0.2, 0.25) is 6.10 Å². The van der Waals surface area contributed by atoms with E-state index in [9.17, 15) is 9.59 Å². The SMILES string of the molecule is CCC(=O)O[C@H]1C(=O)OCC1(C)C. The highest BCUT2D eigenvalue weighted by atomic mass is 16.6. The lowest BCUT2D eigenvalue weighted by Crippen LogP contribution is -2.34. The molecule has 0 radical (unpaired) electrons. The molecule has 1 fully saturated rings. The van der Waals surface area contributed by atoms with Crippen LogP contribution < -0.4 is 0 Å². The molecule has 13 heavy (non-hydrogen) atoms. The van der Waals surface area contributed by atoms with Gasteiger partial charge < -0.3 is 9.47 Å². The Bertz CT molecular complexity index is 232. The van der Waals surface area contributed by atoms with Crippen molar-refractivity contribution in [3.63, 3.8) is 0 Å². The van der Waals surface area contributed by atoms with E-state index in [-0.39, 0.29) is 12.4 Å². The molecule has 1 heterocycles. The second-order valence-corrected chi connectivity index (χ2v) is 3.82. The van der Waals surface area contributed by atoms with Crippen molar-refractivity contribution in [3.8, 4) is 0 Å². The summed E-state index contributed by atoms with van der Waals surface area (Å²) in [4.78, 5) is 22.1. The molecule has 0 spiro atoms. The third-order valence-corrected chi connectivity index (χ3v) is 2.05. The first-order valence-corrected chi connectivity index (χ1v) is 4.33. The molecule has 74 valence electrons. The number of carbonyl (C=O) groups excluding carboxylic acids is 2. The van der Waals surface area contributed by atoms with Crippen LogP contribution >= 0.6 is 0 Å². The van der Waals surface area contributed by atoms with Crippen molar-refractivity contribution in [2.75, 3.05) is 6.61 Å². The molecule has 0 aromatic rings. The third kappa shape index (κ3) is 1.99. The Kier molecular flexibility index (Phi) is 2.59. The Labute approximate surface area is 77.2 Å². The zero-order valence-electron chi connectivity index (χ0n) is 8.12. The van der Waals surface area contributed by atoms with Crippen LogP contribution in [0, 0.1) is 5.41 Å². The lowest BCUT2D eigenvalue weighted by Gasteiger charge is -2.21. The Hall–Kier alpha value is -1.06. The quantitative estimate of drug-likeness (QED) is 0.601. The number of cyclic esters (lactones) is 1. The van der Waals surface area contributed by atoms with E-state index in [0.29, 0.717) is 6.61 Å². The van der Waals surface area contributed by atoms with Gasteiger partial charge in [0, 0.05) is 11.8 Å². The number of esters is 2. The predicted molar refractivity (Wildman–Crippen MR) is 44.9 cm³/mol. The molecule has 1 aliphatic rings. The van der Waals surface area contributed by atoms with Gasteiger partial charge in [0.15, 0.2) is 0 Å². The summed E-state index contributed by atoms with van der Waals surface area (Å²) in [6, 6.07) is 0. The van der Waals surface area contributed by atoms with Gasteiger partial charge in [-0.2, -0.15) is 0 Å². The van der Waals surface area contributed by atoms with Crippen molar-refractivity contribution in [2.45, 2.75) is 33.3 Å². The molecule has 0 bridgehead atoms. The topological polar surface area (TPSA) is 52.6 Å². The van der Waals surface area contributed by atoms with E-state index in [4.69, 9.17) is 9.47 Å². The monoisotopic (exact) mass is 186 g/mol. The summed E-state index contributed by atoms with van der Waals surface area (Å²) in [7, 11) is 0. The summed E-state index contributed by atoms with van der Waals surface area (Å²) >= 11 is 0. The van der Waals surface area contributed by atoms with Crippen LogP contribution in [0.25, 0.3) is 0 Å². The number of hydrogen-bond donors (Lipinski definition) is 0. The van der Waals surface area contributed by atoms with E-state index < -0.39 is 17.5 Å². The molecule has 0 aromatic heterocycles. The largest absolute Gasteiger partial charge is 0.462 e. The summed E-state index contributed by atoms with van der Waals surface area (Å²) in [5.41, 5.74) is -0.401. The molecule has 1 rings (SSSR count). The van der Waals surface area contributed by atoms with Crippen LogP contribution in [0.2, 0.25) is 0 Å². The molecule has 0 amide bonds. The number of ether oxygens (including phenoxy) is 2. The molecule has 0 saturated carbocycles. The molecular formula is C9H14O4. The number of rotatable bonds is 2. The van der Waals surface area contributed by atoms with E-state index in [1.807, 2.05) is 13.8 Å². The maximum atomic E-state index is 11.1. The standard InChI is InChI=1S/C9H14O4/c1-4-6(10)13-7-8(11)12-5-9(7,2)3/h7H,4-5H2,1-3H3/t7-/m0/s1. The highest BCUT2D eigenvalue weighted by Gasteiger charge is 2.46. The molecule has 1 aliphatic heterocycles. The Morgan fingerprint density at radius 3 is 2.69 bits per heavy atom. The van der Waals surface area contributed by atoms with Gasteiger partial charge in [-0.3, -0.25) is 4.79 Å². The second-order valence-electron chi connectivity index (χ2n) is 3.82. The molecular weight excluding hydrogens is 172 g/mol. The predicted octanol–water partition coefficient (Wildman–Crippen LogP) is 0.891. The molecule has 0 unspecified atom stereocenters. The molecule has 1 atom stereocenters. The van der Waals surface area contributed by atoms with Gasteiger partial charge in [0.1, 0.15) is 6.61 Å².